The fourth-order valence-electron chi connectivity index (χ4n) is 0.813. The third-order valence-corrected chi connectivity index (χ3v) is 2.71. The Balaban J connectivity index is 3.86. The molecule has 1 N–H and O–H groups in total. The van der Waals surface area contributed by atoms with E-state index in [1.165, 1.54) is 11.8 Å². The van der Waals surface area contributed by atoms with Crippen molar-refractivity contribution in [3.8, 4) is 0 Å². The van der Waals surface area contributed by atoms with Crippen LogP contribution in [0.15, 0.2) is 0 Å². The maximum Gasteiger partial charge on any atom is 0.234 e. The summed E-state index contributed by atoms with van der Waals surface area (Å²) in [6.07, 6.45) is 0. The van der Waals surface area contributed by atoms with E-state index in [4.69, 9.17) is 5.11 Å². The molecule has 3 nitrogen and oxygen atoms in total. The highest BCUT2D eigenvalue weighted by Gasteiger charge is 2.17. The fraction of sp³-hybridized carbons (Fsp3) is 0.875. The first-order valence-corrected chi connectivity index (χ1v) is 4.90. The predicted octanol–water partition coefficient (Wildman–Crippen LogP) is 0.577. The Morgan fingerprint density at radius 1 is 1.50 bits per heavy atom. The highest BCUT2D eigenvalue weighted by atomic mass is 32.2. The lowest BCUT2D eigenvalue weighted by Crippen LogP contribution is -2.31. The number of rotatable bonds is 4. The molecule has 0 rings (SSSR count). The molecular weight excluding hydrogens is 174 g/mol. The molecule has 0 fully saturated rings. The molecule has 12 heavy (non-hydrogen) atoms. The van der Waals surface area contributed by atoms with Gasteiger partial charge in [-0.15, -0.1) is 11.8 Å². The Morgan fingerprint density at radius 3 is 2.33 bits per heavy atom. The van der Waals surface area contributed by atoms with Crippen LogP contribution in [0.2, 0.25) is 0 Å². The molecule has 0 saturated heterocycles. The lowest BCUT2D eigenvalue weighted by atomic mass is 10.4. The van der Waals surface area contributed by atoms with Gasteiger partial charge in [0, 0.05) is 19.3 Å². The summed E-state index contributed by atoms with van der Waals surface area (Å²) in [5.74, 6) is 0.0975. The summed E-state index contributed by atoms with van der Waals surface area (Å²) >= 11 is 1.49. The Hall–Kier alpha value is -0.220. The molecule has 4 heteroatoms. The van der Waals surface area contributed by atoms with E-state index in [2.05, 4.69) is 0 Å². The summed E-state index contributed by atoms with van der Waals surface area (Å²) in [7, 11) is 3.48. The van der Waals surface area contributed by atoms with Gasteiger partial charge >= 0.3 is 0 Å². The van der Waals surface area contributed by atoms with Crippen molar-refractivity contribution in [1.29, 1.82) is 0 Å². The van der Waals surface area contributed by atoms with Crippen LogP contribution in [0.4, 0.5) is 0 Å². The number of carbonyl (C=O) groups is 1. The summed E-state index contributed by atoms with van der Waals surface area (Å²) < 4.78 is 0. The van der Waals surface area contributed by atoms with Gasteiger partial charge < -0.3 is 10.0 Å². The number of nitrogens with zero attached hydrogens (tertiary/aromatic N) is 1. The zero-order valence-electron chi connectivity index (χ0n) is 8.07. The van der Waals surface area contributed by atoms with Gasteiger partial charge in [-0.1, -0.05) is 6.92 Å². The van der Waals surface area contributed by atoms with Gasteiger partial charge in [0.2, 0.25) is 5.91 Å². The third kappa shape index (κ3) is 3.97. The van der Waals surface area contributed by atoms with E-state index in [0.29, 0.717) is 0 Å². The predicted molar refractivity (Wildman–Crippen MR) is 52.3 cm³/mol. The van der Waals surface area contributed by atoms with E-state index in [1.54, 1.807) is 19.0 Å². The molecule has 0 aliphatic carbocycles. The number of aliphatic hydroxyl groups is 1. The zero-order valence-corrected chi connectivity index (χ0v) is 8.89. The van der Waals surface area contributed by atoms with Gasteiger partial charge in [-0.25, -0.2) is 0 Å². The van der Waals surface area contributed by atoms with Crippen molar-refractivity contribution in [2.24, 2.45) is 0 Å². The van der Waals surface area contributed by atoms with Crippen LogP contribution in [-0.4, -0.2) is 47.1 Å². The quantitative estimate of drug-likeness (QED) is 0.706. The zero-order chi connectivity index (χ0) is 9.72. The molecule has 0 aromatic rings. The van der Waals surface area contributed by atoms with Crippen molar-refractivity contribution >= 4 is 17.7 Å². The monoisotopic (exact) mass is 191 g/mol. The van der Waals surface area contributed by atoms with E-state index < -0.39 is 0 Å². The van der Waals surface area contributed by atoms with E-state index in [0.717, 1.165) is 0 Å². The molecule has 0 aromatic carbocycles. The second-order valence-corrected chi connectivity index (χ2v) is 4.79. The number of hydrogen-bond donors (Lipinski definition) is 1. The molecule has 0 aliphatic heterocycles. The normalized spacial score (nSPS) is 15.4. The maximum atomic E-state index is 11.3. The minimum atomic E-state index is -0.0675. The van der Waals surface area contributed by atoms with Crippen molar-refractivity contribution in [3.63, 3.8) is 0 Å². The highest BCUT2D eigenvalue weighted by Crippen LogP contribution is 2.17. The number of carbonyl (C=O) groups excluding carboxylic acids is 1. The van der Waals surface area contributed by atoms with Crippen LogP contribution in [0.5, 0.6) is 0 Å². The second kappa shape index (κ2) is 5.43. The molecule has 0 aliphatic rings. The molecule has 0 aromatic heterocycles. The van der Waals surface area contributed by atoms with Gasteiger partial charge in [0.05, 0.1) is 11.9 Å². The first-order valence-electron chi connectivity index (χ1n) is 3.96. The van der Waals surface area contributed by atoms with E-state index >= 15 is 0 Å². The number of amides is 1. The van der Waals surface area contributed by atoms with Gasteiger partial charge in [0.15, 0.2) is 0 Å². The first-order chi connectivity index (χ1) is 5.49. The summed E-state index contributed by atoms with van der Waals surface area (Å²) in [5.41, 5.74) is 0. The van der Waals surface area contributed by atoms with Crippen molar-refractivity contribution in [1.82, 2.24) is 4.90 Å². The molecule has 0 spiro atoms. The molecule has 0 radical (unpaired) electrons. The van der Waals surface area contributed by atoms with Gasteiger partial charge in [-0.3, -0.25) is 4.79 Å². The largest absolute Gasteiger partial charge is 0.395 e. The Bertz CT molecular complexity index is 150. The fourth-order valence-corrected chi connectivity index (χ4v) is 1.92. The van der Waals surface area contributed by atoms with Crippen molar-refractivity contribution in [3.05, 3.63) is 0 Å². The minimum Gasteiger partial charge on any atom is -0.395 e. The summed E-state index contributed by atoms with van der Waals surface area (Å²) in [6.45, 7) is 3.89. The molecule has 0 bridgehead atoms. The average Bonchev–Trinajstić information content (AvgIpc) is 2.02. The Labute approximate surface area is 78.1 Å². The van der Waals surface area contributed by atoms with Crippen LogP contribution in [0.25, 0.3) is 0 Å². The van der Waals surface area contributed by atoms with Crippen LogP contribution in [0, 0.1) is 0 Å². The van der Waals surface area contributed by atoms with Crippen LogP contribution in [0.1, 0.15) is 13.8 Å². The SMILES string of the molecule is CC(CO)SC(C)C(=O)N(C)C. The van der Waals surface area contributed by atoms with Crippen molar-refractivity contribution < 1.29 is 9.90 Å². The van der Waals surface area contributed by atoms with Gasteiger partial charge in [0.1, 0.15) is 0 Å². The van der Waals surface area contributed by atoms with Crippen molar-refractivity contribution in [2.45, 2.75) is 24.3 Å². The summed E-state index contributed by atoms with van der Waals surface area (Å²) in [5, 5.41) is 8.82. The maximum absolute atomic E-state index is 11.3. The van der Waals surface area contributed by atoms with Gasteiger partial charge in [-0.2, -0.15) is 0 Å². The number of aliphatic hydroxyl groups excluding tert-OH is 1. The topological polar surface area (TPSA) is 40.5 Å². The third-order valence-electron chi connectivity index (χ3n) is 1.48. The lowest BCUT2D eigenvalue weighted by molar-refractivity contribution is -0.127. The molecule has 0 saturated carbocycles. The van der Waals surface area contributed by atoms with Gasteiger partial charge in [0.25, 0.3) is 0 Å². The summed E-state index contributed by atoms with van der Waals surface area (Å²) in [4.78, 5) is 12.9. The molecular formula is C8H17NO2S. The van der Waals surface area contributed by atoms with Gasteiger partial charge in [-0.05, 0) is 6.92 Å². The van der Waals surface area contributed by atoms with Crippen molar-refractivity contribution in [2.75, 3.05) is 20.7 Å². The van der Waals surface area contributed by atoms with E-state index in [9.17, 15) is 4.79 Å². The standard InChI is InChI=1S/C8H17NO2S/c1-6(5-10)12-7(2)8(11)9(3)4/h6-7,10H,5H2,1-4H3. The molecule has 1 amide bonds. The van der Waals surface area contributed by atoms with Crippen LogP contribution in [-0.2, 0) is 4.79 Å². The summed E-state index contributed by atoms with van der Waals surface area (Å²) in [6, 6.07) is 0. The first kappa shape index (κ1) is 11.8. The average molecular weight is 191 g/mol. The Kier molecular flexibility index (Phi) is 5.33. The smallest absolute Gasteiger partial charge is 0.234 e. The molecule has 2 atom stereocenters. The molecule has 2 unspecified atom stereocenters. The van der Waals surface area contributed by atoms with Crippen LogP contribution < -0.4 is 0 Å². The molecule has 0 heterocycles. The second-order valence-electron chi connectivity index (χ2n) is 3.00. The molecule has 72 valence electrons. The van der Waals surface area contributed by atoms with E-state index in [-0.39, 0.29) is 23.0 Å². The van der Waals surface area contributed by atoms with E-state index in [1.807, 2.05) is 13.8 Å². The van der Waals surface area contributed by atoms with Crippen LogP contribution in [0.3, 0.4) is 0 Å². The Morgan fingerprint density at radius 2 is 2.00 bits per heavy atom. The number of thioether (sulfide) groups is 1. The van der Waals surface area contributed by atoms with Crippen LogP contribution >= 0.6 is 11.8 Å². The lowest BCUT2D eigenvalue weighted by Gasteiger charge is -2.18. The minimum absolute atomic E-state index is 0.0675. The number of hydrogen-bond acceptors (Lipinski definition) is 3. The highest BCUT2D eigenvalue weighted by molar-refractivity contribution is 8.01.